The Hall–Kier alpha value is -4.00. The molecule has 2 bridgehead atoms. The highest BCUT2D eigenvalue weighted by atomic mass is 35.5. The SMILES string of the molecule is C=C(F)C(=O)N1CCN(c2nc(OCCCN3C[C@@H]4C[C@@]3(C)CO4)nc3c(F)c(-c4cncc5cccc(Cl)c45)ncc23)CC1. The van der Waals surface area contributed by atoms with Crippen molar-refractivity contribution in [3.05, 3.63) is 60.0 Å². The number of aromatic nitrogens is 4. The molecule has 7 rings (SSSR count). The van der Waals surface area contributed by atoms with Crippen LogP contribution in [0.25, 0.3) is 32.9 Å². The summed E-state index contributed by atoms with van der Waals surface area (Å²) < 4.78 is 41.8. The Morgan fingerprint density at radius 3 is 2.76 bits per heavy atom. The molecule has 0 spiro atoms. The highest BCUT2D eigenvalue weighted by molar-refractivity contribution is 6.36. The smallest absolute Gasteiger partial charge is 0.319 e. The Morgan fingerprint density at radius 1 is 1.20 bits per heavy atom. The summed E-state index contributed by atoms with van der Waals surface area (Å²) in [4.78, 5) is 35.9. The summed E-state index contributed by atoms with van der Waals surface area (Å²) >= 11 is 6.54. The molecule has 1 amide bonds. The van der Waals surface area contributed by atoms with Crippen LogP contribution in [0.15, 0.2) is 49.2 Å². The number of hydrogen-bond acceptors (Lipinski definition) is 9. The van der Waals surface area contributed by atoms with Crippen LogP contribution in [0.1, 0.15) is 19.8 Å². The Morgan fingerprint density at radius 2 is 2.02 bits per heavy atom. The number of hydrogen-bond donors (Lipinski definition) is 0. The number of fused-ring (bicyclic) bond motifs is 4. The Bertz CT molecular complexity index is 1810. The third-order valence-electron chi connectivity index (χ3n) is 9.02. The zero-order chi connectivity index (χ0) is 31.3. The van der Waals surface area contributed by atoms with E-state index >= 15 is 4.39 Å². The van der Waals surface area contributed by atoms with Crippen molar-refractivity contribution in [2.24, 2.45) is 0 Å². The van der Waals surface area contributed by atoms with Gasteiger partial charge in [0.25, 0.3) is 5.91 Å². The van der Waals surface area contributed by atoms with E-state index in [4.69, 9.17) is 21.1 Å². The van der Waals surface area contributed by atoms with Crippen LogP contribution in [0.3, 0.4) is 0 Å². The minimum atomic E-state index is -1.00. The standard InChI is InChI=1S/C32H32ClF2N7O3/c1-19(34)30(43)41-10-8-40(9-11-41)29-23-16-37-27(22-15-36-14-20-5-3-6-24(33)25(20)22)26(35)28(23)38-31(39-29)44-12-4-7-42-17-21-13-32(42,2)18-45-21/h3,5-6,14-16,21H,1,4,7-13,17-18H2,2H3/t21-,32-/m0/s1. The van der Waals surface area contributed by atoms with Crippen molar-refractivity contribution >= 4 is 45.0 Å². The molecule has 0 unspecified atom stereocenters. The number of rotatable bonds is 8. The molecule has 3 aliphatic rings. The zero-order valence-electron chi connectivity index (χ0n) is 24.8. The van der Waals surface area contributed by atoms with Gasteiger partial charge in [0.05, 0.1) is 24.7 Å². The Kier molecular flexibility index (Phi) is 7.74. The third-order valence-corrected chi connectivity index (χ3v) is 9.33. The van der Waals surface area contributed by atoms with Gasteiger partial charge >= 0.3 is 6.01 Å². The van der Waals surface area contributed by atoms with Gasteiger partial charge in [-0.25, -0.2) is 8.78 Å². The molecule has 10 nitrogen and oxygen atoms in total. The average molecular weight is 636 g/mol. The number of carbonyl (C=O) groups excluding carboxylic acids is 1. The number of morpholine rings is 1. The molecule has 234 valence electrons. The van der Waals surface area contributed by atoms with Crippen LogP contribution in [-0.2, 0) is 9.53 Å². The van der Waals surface area contributed by atoms with Crippen LogP contribution in [0.4, 0.5) is 14.6 Å². The second kappa shape index (κ2) is 11.7. The van der Waals surface area contributed by atoms with E-state index in [1.807, 2.05) is 17.0 Å². The molecule has 1 aromatic carbocycles. The summed E-state index contributed by atoms with van der Waals surface area (Å²) in [7, 11) is 0. The van der Waals surface area contributed by atoms with E-state index in [-0.39, 0.29) is 35.8 Å². The van der Waals surface area contributed by atoms with Crippen LogP contribution in [0.5, 0.6) is 6.01 Å². The molecule has 4 aromatic rings. The number of likely N-dealkylation sites (tertiary alicyclic amines) is 1. The molecule has 0 radical (unpaired) electrons. The summed E-state index contributed by atoms with van der Waals surface area (Å²) in [6.45, 7) is 9.35. The maximum Gasteiger partial charge on any atom is 0.319 e. The number of halogens is 3. The van der Waals surface area contributed by atoms with Crippen LogP contribution >= 0.6 is 11.6 Å². The van der Waals surface area contributed by atoms with Gasteiger partial charge in [0.2, 0.25) is 0 Å². The lowest BCUT2D eigenvalue weighted by molar-refractivity contribution is -0.128. The molecule has 6 heterocycles. The minimum absolute atomic E-state index is 0.0377. The summed E-state index contributed by atoms with van der Waals surface area (Å²) in [5.41, 5.74) is 0.597. The maximum absolute atomic E-state index is 16.5. The van der Waals surface area contributed by atoms with E-state index in [0.717, 1.165) is 37.9 Å². The van der Waals surface area contributed by atoms with Gasteiger partial charge < -0.3 is 19.3 Å². The van der Waals surface area contributed by atoms with Crippen molar-refractivity contribution in [2.45, 2.75) is 31.4 Å². The molecule has 13 heteroatoms. The molecule has 0 saturated carbocycles. The quantitative estimate of drug-likeness (QED) is 0.200. The number of nitrogens with zero attached hydrogens (tertiary/aromatic N) is 7. The highest BCUT2D eigenvalue weighted by Crippen LogP contribution is 2.38. The molecule has 3 aliphatic heterocycles. The number of anilines is 1. The number of amides is 1. The van der Waals surface area contributed by atoms with E-state index < -0.39 is 17.6 Å². The number of benzene rings is 1. The first-order chi connectivity index (χ1) is 21.7. The lowest BCUT2D eigenvalue weighted by Crippen LogP contribution is -2.49. The fraction of sp³-hybridized carbons (Fsp3) is 0.406. The van der Waals surface area contributed by atoms with Crippen molar-refractivity contribution < 1.29 is 23.0 Å². The fourth-order valence-corrected chi connectivity index (χ4v) is 6.95. The van der Waals surface area contributed by atoms with Crippen LogP contribution < -0.4 is 9.64 Å². The molecule has 3 fully saturated rings. The Labute approximate surface area is 263 Å². The van der Waals surface area contributed by atoms with Gasteiger partial charge in [-0.1, -0.05) is 30.3 Å². The lowest BCUT2D eigenvalue weighted by Gasteiger charge is -2.35. The number of carbonyl (C=O) groups is 1. The Balaban J connectivity index is 1.21. The molecule has 2 atom stereocenters. The number of ether oxygens (including phenoxy) is 2. The first-order valence-electron chi connectivity index (χ1n) is 15.0. The van der Waals surface area contributed by atoms with Crippen molar-refractivity contribution in [1.29, 1.82) is 0 Å². The summed E-state index contributed by atoms with van der Waals surface area (Å²) in [5, 5.41) is 2.23. The molecule has 3 saturated heterocycles. The molecule has 0 aliphatic carbocycles. The predicted octanol–water partition coefficient (Wildman–Crippen LogP) is 4.80. The van der Waals surface area contributed by atoms with E-state index in [1.54, 1.807) is 12.3 Å². The van der Waals surface area contributed by atoms with Crippen LogP contribution in [0.2, 0.25) is 5.02 Å². The van der Waals surface area contributed by atoms with Crippen molar-refractivity contribution in [3.63, 3.8) is 0 Å². The van der Waals surface area contributed by atoms with E-state index in [0.29, 0.717) is 53.0 Å². The monoisotopic (exact) mass is 635 g/mol. The summed E-state index contributed by atoms with van der Waals surface area (Å²) in [6.07, 6.45) is 6.80. The van der Waals surface area contributed by atoms with Crippen molar-refractivity contribution in [1.82, 2.24) is 29.7 Å². The normalized spacial score (nSPS) is 21.6. The minimum Gasteiger partial charge on any atom is -0.463 e. The van der Waals surface area contributed by atoms with E-state index in [9.17, 15) is 9.18 Å². The zero-order valence-corrected chi connectivity index (χ0v) is 25.6. The first-order valence-corrected chi connectivity index (χ1v) is 15.4. The summed E-state index contributed by atoms with van der Waals surface area (Å²) in [5.74, 6) is -1.97. The van der Waals surface area contributed by atoms with Gasteiger partial charge in [0.1, 0.15) is 17.0 Å². The lowest BCUT2D eigenvalue weighted by atomic mass is 10.0. The maximum atomic E-state index is 16.5. The second-order valence-corrected chi connectivity index (χ2v) is 12.4. The predicted molar refractivity (Wildman–Crippen MR) is 167 cm³/mol. The molecule has 3 aromatic heterocycles. The second-order valence-electron chi connectivity index (χ2n) is 12.0. The van der Waals surface area contributed by atoms with Gasteiger partial charge in [-0.2, -0.15) is 9.97 Å². The van der Waals surface area contributed by atoms with Crippen molar-refractivity contribution in [3.8, 4) is 17.3 Å². The highest BCUT2D eigenvalue weighted by Gasteiger charge is 2.48. The molecular formula is C32H32ClF2N7O3. The summed E-state index contributed by atoms with van der Waals surface area (Å²) in [6, 6.07) is 5.44. The molecule has 0 N–H and O–H groups in total. The van der Waals surface area contributed by atoms with Gasteiger partial charge in [-0.15, -0.1) is 0 Å². The third kappa shape index (κ3) is 5.44. The topological polar surface area (TPSA) is 96.8 Å². The van der Waals surface area contributed by atoms with Crippen LogP contribution in [-0.4, -0.2) is 99.8 Å². The number of piperazine rings is 1. The van der Waals surface area contributed by atoms with Crippen molar-refractivity contribution in [2.75, 3.05) is 57.4 Å². The van der Waals surface area contributed by atoms with Gasteiger partial charge in [-0.05, 0) is 25.8 Å². The van der Waals surface area contributed by atoms with E-state index in [2.05, 4.69) is 38.3 Å². The average Bonchev–Trinajstić information content (AvgIpc) is 3.58. The molecular weight excluding hydrogens is 604 g/mol. The van der Waals surface area contributed by atoms with Gasteiger partial charge in [0, 0.05) is 84.8 Å². The number of pyridine rings is 2. The fourth-order valence-electron chi connectivity index (χ4n) is 6.67. The van der Waals surface area contributed by atoms with E-state index in [1.165, 1.54) is 17.3 Å². The van der Waals surface area contributed by atoms with Gasteiger partial charge in [0.15, 0.2) is 11.6 Å². The first kappa shape index (κ1) is 29.7. The van der Waals surface area contributed by atoms with Crippen LogP contribution in [0, 0.1) is 5.82 Å². The van der Waals surface area contributed by atoms with Gasteiger partial charge in [-0.3, -0.25) is 19.7 Å². The largest absolute Gasteiger partial charge is 0.463 e. The molecule has 45 heavy (non-hydrogen) atoms.